The van der Waals surface area contributed by atoms with Crippen molar-refractivity contribution in [3.05, 3.63) is 65.1 Å². The molecule has 3 heterocycles. The van der Waals surface area contributed by atoms with Gasteiger partial charge in [0.25, 0.3) is 12.3 Å². The quantitative estimate of drug-likeness (QED) is 0.682. The van der Waals surface area contributed by atoms with E-state index in [9.17, 15) is 18.7 Å². The number of phenols is 1. The third kappa shape index (κ3) is 2.92. The van der Waals surface area contributed by atoms with Gasteiger partial charge >= 0.3 is 0 Å². The van der Waals surface area contributed by atoms with E-state index in [0.29, 0.717) is 16.0 Å². The van der Waals surface area contributed by atoms with E-state index in [0.717, 1.165) is 6.07 Å². The molecule has 1 atom stereocenters. The van der Waals surface area contributed by atoms with Crippen LogP contribution in [0.25, 0.3) is 10.4 Å². The molecular weight excluding hydrogens is 400 g/mol. The first kappa shape index (κ1) is 18.9. The van der Waals surface area contributed by atoms with Crippen LogP contribution in [0.1, 0.15) is 23.2 Å². The number of aliphatic imine (C=N–C) groups is 1. The molecule has 0 saturated carbocycles. The van der Waals surface area contributed by atoms with E-state index in [4.69, 9.17) is 5.73 Å². The molecule has 4 rings (SSSR count). The zero-order valence-electron chi connectivity index (χ0n) is 15.1. The predicted octanol–water partition coefficient (Wildman–Crippen LogP) is 2.88. The normalized spacial score (nSPS) is 19.1. The Labute approximate surface area is 168 Å². The molecule has 7 nitrogen and oxygen atoms in total. The number of carbonyl (C=O) groups is 1. The molecule has 1 amide bonds. The van der Waals surface area contributed by atoms with E-state index in [2.05, 4.69) is 15.0 Å². The average Bonchev–Trinajstić information content (AvgIpc) is 3.32. The number of thiazole rings is 1. The summed E-state index contributed by atoms with van der Waals surface area (Å²) in [6.45, 7) is 0. The molecule has 29 heavy (non-hydrogen) atoms. The van der Waals surface area contributed by atoms with Crippen molar-refractivity contribution in [1.29, 1.82) is 0 Å². The number of guanidine groups is 1. The van der Waals surface area contributed by atoms with Crippen molar-refractivity contribution < 1.29 is 18.7 Å². The zero-order chi connectivity index (χ0) is 20.8. The minimum atomic E-state index is -2.81. The highest BCUT2D eigenvalue weighted by Crippen LogP contribution is 2.43. The number of nitrogens with two attached hydrogens (primary N) is 1. The number of hydrogen-bond acceptors (Lipinski definition) is 7. The van der Waals surface area contributed by atoms with Gasteiger partial charge in [0.1, 0.15) is 11.4 Å². The summed E-state index contributed by atoms with van der Waals surface area (Å²) >= 11 is 1.31. The molecule has 1 aliphatic heterocycles. The Kier molecular flexibility index (Phi) is 4.50. The number of benzene rings is 1. The summed E-state index contributed by atoms with van der Waals surface area (Å²) < 4.78 is 26.5. The lowest BCUT2D eigenvalue weighted by molar-refractivity contribution is -0.129. The van der Waals surface area contributed by atoms with Gasteiger partial charge in [-0.05, 0) is 35.4 Å². The maximum absolute atomic E-state index is 13.3. The van der Waals surface area contributed by atoms with Crippen LogP contribution >= 0.6 is 11.3 Å². The zero-order valence-corrected chi connectivity index (χ0v) is 15.9. The number of pyridine rings is 1. The third-order valence-corrected chi connectivity index (χ3v) is 5.58. The van der Waals surface area contributed by atoms with Gasteiger partial charge in [0.05, 0.1) is 10.4 Å². The fraction of sp³-hybridized carbons (Fsp3) is 0.158. The molecule has 0 aliphatic carbocycles. The molecule has 1 aliphatic rings. The number of phenolic OH excluding ortho intramolecular Hbond substituents is 1. The van der Waals surface area contributed by atoms with Gasteiger partial charge in [-0.25, -0.2) is 13.8 Å². The molecule has 0 spiro atoms. The Morgan fingerprint density at radius 1 is 1.24 bits per heavy atom. The van der Waals surface area contributed by atoms with E-state index in [-0.39, 0.29) is 17.3 Å². The van der Waals surface area contributed by atoms with E-state index in [1.807, 2.05) is 0 Å². The predicted molar refractivity (Wildman–Crippen MR) is 104 cm³/mol. The van der Waals surface area contributed by atoms with Gasteiger partial charge in [0.15, 0.2) is 11.5 Å². The second-order valence-corrected chi connectivity index (χ2v) is 7.30. The fourth-order valence-electron chi connectivity index (χ4n) is 3.28. The van der Waals surface area contributed by atoms with Gasteiger partial charge in [-0.1, -0.05) is 6.07 Å². The van der Waals surface area contributed by atoms with Gasteiger partial charge in [-0.3, -0.25) is 19.7 Å². The van der Waals surface area contributed by atoms with Crippen molar-refractivity contribution >= 4 is 23.2 Å². The van der Waals surface area contributed by atoms with Crippen molar-refractivity contribution in [2.24, 2.45) is 10.7 Å². The second kappa shape index (κ2) is 6.89. The van der Waals surface area contributed by atoms with E-state index in [1.165, 1.54) is 47.7 Å². The van der Waals surface area contributed by atoms with Crippen LogP contribution in [-0.4, -0.2) is 38.9 Å². The summed E-state index contributed by atoms with van der Waals surface area (Å²) in [7, 11) is 1.46. The number of nitrogens with zero attached hydrogens (tertiary/aromatic N) is 4. The molecule has 0 bridgehead atoms. The molecular formula is C19H15F2N5O2S. The van der Waals surface area contributed by atoms with Gasteiger partial charge in [0, 0.05) is 25.0 Å². The maximum Gasteiger partial charge on any atom is 0.280 e. The van der Waals surface area contributed by atoms with Gasteiger partial charge in [-0.2, -0.15) is 0 Å². The molecule has 0 saturated heterocycles. The van der Waals surface area contributed by atoms with Crippen molar-refractivity contribution in [1.82, 2.24) is 14.9 Å². The van der Waals surface area contributed by atoms with E-state index >= 15 is 0 Å². The highest BCUT2D eigenvalue weighted by molar-refractivity contribution is 7.13. The molecule has 3 aromatic rings. The van der Waals surface area contributed by atoms with Gasteiger partial charge in [0.2, 0.25) is 0 Å². The number of hydrogen-bond donors (Lipinski definition) is 2. The standard InChI is InChI=1S/C19H15F2N5O2S/c1-26-17(28)19(25-18(26)22,11-4-5-24-13(7-11)16(20)21)10-2-3-14(27)12(6-10)15-8-23-9-29-15/h2-9,16,27H,1H3,(H2,22,25). The summed E-state index contributed by atoms with van der Waals surface area (Å²) in [5.74, 6) is -0.549. The minimum absolute atomic E-state index is 0.00750. The molecule has 2 aromatic heterocycles. The average molecular weight is 415 g/mol. The van der Waals surface area contributed by atoms with Crippen LogP contribution in [0, 0.1) is 0 Å². The molecule has 0 fully saturated rings. The topological polar surface area (TPSA) is 105 Å². The monoisotopic (exact) mass is 415 g/mol. The van der Waals surface area contributed by atoms with Crippen molar-refractivity contribution in [2.75, 3.05) is 7.05 Å². The van der Waals surface area contributed by atoms with Crippen LogP contribution in [0.2, 0.25) is 0 Å². The van der Waals surface area contributed by atoms with Crippen LogP contribution in [0.4, 0.5) is 8.78 Å². The van der Waals surface area contributed by atoms with E-state index < -0.39 is 23.6 Å². The van der Waals surface area contributed by atoms with Crippen LogP contribution in [0.15, 0.2) is 53.2 Å². The summed E-state index contributed by atoms with van der Waals surface area (Å²) in [5.41, 5.74) is 6.42. The van der Waals surface area contributed by atoms with Gasteiger partial charge in [-0.15, -0.1) is 11.3 Å². The second-order valence-electron chi connectivity index (χ2n) is 6.41. The maximum atomic E-state index is 13.3. The minimum Gasteiger partial charge on any atom is -0.507 e. The SMILES string of the molecule is CN1C(=O)C(c2ccnc(C(F)F)c2)(c2ccc(O)c(-c3cncs3)c2)N=C1N. The Bertz CT molecular complexity index is 1120. The van der Waals surface area contributed by atoms with Crippen LogP contribution in [0.5, 0.6) is 5.75 Å². The number of halogens is 2. The summed E-state index contributed by atoms with van der Waals surface area (Å²) in [6, 6.07) is 7.16. The summed E-state index contributed by atoms with van der Waals surface area (Å²) in [5, 5.41) is 10.3. The van der Waals surface area contributed by atoms with Crippen molar-refractivity contribution in [3.63, 3.8) is 0 Å². The number of aromatic hydroxyl groups is 1. The molecule has 0 radical (unpaired) electrons. The number of rotatable bonds is 4. The summed E-state index contributed by atoms with van der Waals surface area (Å²) in [4.78, 5) is 27.2. The molecule has 1 aromatic carbocycles. The van der Waals surface area contributed by atoms with Crippen LogP contribution in [0.3, 0.4) is 0 Å². The largest absolute Gasteiger partial charge is 0.507 e. The molecule has 10 heteroatoms. The third-order valence-electron chi connectivity index (χ3n) is 4.77. The highest BCUT2D eigenvalue weighted by atomic mass is 32.1. The Morgan fingerprint density at radius 3 is 2.62 bits per heavy atom. The fourth-order valence-corrected chi connectivity index (χ4v) is 3.93. The first-order valence-corrected chi connectivity index (χ1v) is 9.33. The lowest BCUT2D eigenvalue weighted by Crippen LogP contribution is -2.41. The lowest BCUT2D eigenvalue weighted by Gasteiger charge is -2.27. The van der Waals surface area contributed by atoms with E-state index in [1.54, 1.807) is 17.8 Å². The first-order valence-electron chi connectivity index (χ1n) is 8.45. The Balaban J connectivity index is 1.98. The Morgan fingerprint density at radius 2 is 2.00 bits per heavy atom. The van der Waals surface area contributed by atoms with Crippen LogP contribution in [-0.2, 0) is 10.3 Å². The molecule has 148 valence electrons. The highest BCUT2D eigenvalue weighted by Gasteiger charge is 2.50. The Hall–Kier alpha value is -3.40. The van der Waals surface area contributed by atoms with Crippen LogP contribution < -0.4 is 5.73 Å². The number of alkyl halides is 2. The summed E-state index contributed by atoms with van der Waals surface area (Å²) in [6.07, 6.45) is -0.0202. The number of likely N-dealkylation sites (N-methyl/N-ethyl adjacent to an activating group) is 1. The number of carbonyl (C=O) groups excluding carboxylic acids is 1. The van der Waals surface area contributed by atoms with Crippen molar-refractivity contribution in [3.8, 4) is 16.2 Å². The van der Waals surface area contributed by atoms with Crippen molar-refractivity contribution in [2.45, 2.75) is 12.0 Å². The molecule has 1 unspecified atom stereocenters. The number of amides is 1. The first-order chi connectivity index (χ1) is 13.8. The van der Waals surface area contributed by atoms with Gasteiger partial charge < -0.3 is 10.8 Å². The molecule has 3 N–H and O–H groups in total. The smallest absolute Gasteiger partial charge is 0.280 e. The number of aromatic nitrogens is 2. The lowest BCUT2D eigenvalue weighted by atomic mass is 9.82.